The van der Waals surface area contributed by atoms with Crippen molar-refractivity contribution in [3.8, 4) is 0 Å². The molecular weight excluding hydrogens is 216 g/mol. The van der Waals surface area contributed by atoms with E-state index in [2.05, 4.69) is 39.3 Å². The summed E-state index contributed by atoms with van der Waals surface area (Å²) in [4.78, 5) is 4.47. The highest BCUT2D eigenvalue weighted by Crippen LogP contribution is 2.19. The normalized spacial score (nSPS) is 11.2. The highest BCUT2D eigenvalue weighted by Gasteiger charge is 2.10. The third kappa shape index (κ3) is 1.89. The van der Waals surface area contributed by atoms with Gasteiger partial charge in [0.2, 0.25) is 0 Å². The maximum atomic E-state index is 4.47. The Kier molecular flexibility index (Phi) is 2.94. The minimum absolute atomic E-state index is 0.663. The summed E-state index contributed by atoms with van der Waals surface area (Å²) in [5.74, 6) is 1.73. The molecule has 0 aliphatic heterocycles. The minimum Gasteiger partial charge on any atom is -0.326 e. The third-order valence-electron chi connectivity index (χ3n) is 1.92. The number of hydrogen-bond donors (Lipinski definition) is 0. The predicted molar refractivity (Wildman–Crippen MR) is 54.2 cm³/mol. The molecule has 0 aliphatic rings. The lowest BCUT2D eigenvalue weighted by molar-refractivity contribution is 0.634. The van der Waals surface area contributed by atoms with E-state index in [9.17, 15) is 0 Å². The predicted octanol–water partition coefficient (Wildman–Crippen LogP) is 2.69. The quantitative estimate of drug-likeness (QED) is 0.765. The van der Waals surface area contributed by atoms with Crippen LogP contribution in [0.25, 0.3) is 0 Å². The summed E-state index contributed by atoms with van der Waals surface area (Å²) in [5.41, 5.74) is 1.17. The fourth-order valence-corrected chi connectivity index (χ4v) is 1.68. The van der Waals surface area contributed by atoms with Crippen molar-refractivity contribution >= 4 is 15.9 Å². The zero-order valence-electron chi connectivity index (χ0n) is 8.06. The first-order valence-electron chi connectivity index (χ1n) is 4.20. The molecule has 1 aromatic heterocycles. The molecular formula is C9H15BrN2. The van der Waals surface area contributed by atoms with Gasteiger partial charge in [-0.15, -0.1) is 0 Å². The molecule has 0 aromatic carbocycles. The van der Waals surface area contributed by atoms with E-state index in [-0.39, 0.29) is 0 Å². The Morgan fingerprint density at radius 3 is 2.42 bits per heavy atom. The standard InChI is InChI=1S/C9H15BrN2/c1-6(2)5-8-9(10)12(4)7(3)11-8/h6H,5H2,1-4H3. The number of nitrogens with zero attached hydrogens (tertiary/aromatic N) is 2. The molecule has 1 rings (SSSR count). The number of hydrogen-bond acceptors (Lipinski definition) is 1. The van der Waals surface area contributed by atoms with E-state index in [0.717, 1.165) is 16.8 Å². The van der Waals surface area contributed by atoms with Crippen molar-refractivity contribution in [1.29, 1.82) is 0 Å². The molecule has 68 valence electrons. The summed E-state index contributed by atoms with van der Waals surface area (Å²) in [7, 11) is 2.02. The second kappa shape index (κ2) is 3.60. The van der Waals surface area contributed by atoms with Crippen LogP contribution < -0.4 is 0 Å². The van der Waals surface area contributed by atoms with E-state index in [0.29, 0.717) is 5.92 Å². The van der Waals surface area contributed by atoms with Gasteiger partial charge in [-0.2, -0.15) is 0 Å². The first kappa shape index (κ1) is 9.78. The van der Waals surface area contributed by atoms with Gasteiger partial charge in [0.15, 0.2) is 0 Å². The molecule has 0 aliphatic carbocycles. The molecule has 0 saturated heterocycles. The molecule has 1 heterocycles. The van der Waals surface area contributed by atoms with Gasteiger partial charge in [-0.25, -0.2) is 4.98 Å². The molecule has 0 unspecified atom stereocenters. The van der Waals surface area contributed by atoms with Crippen LogP contribution in [0.3, 0.4) is 0 Å². The Bertz CT molecular complexity index is 276. The van der Waals surface area contributed by atoms with Gasteiger partial charge in [0.25, 0.3) is 0 Å². The molecule has 2 nitrogen and oxygen atoms in total. The molecule has 0 saturated carbocycles. The van der Waals surface area contributed by atoms with E-state index in [1.807, 2.05) is 14.0 Å². The van der Waals surface area contributed by atoms with Crippen LogP contribution in [0.5, 0.6) is 0 Å². The Labute approximate surface area is 82.1 Å². The molecule has 3 heteroatoms. The van der Waals surface area contributed by atoms with Crippen LogP contribution in [-0.4, -0.2) is 9.55 Å². The molecule has 0 amide bonds. The Hall–Kier alpha value is -0.310. The number of halogens is 1. The molecule has 0 bridgehead atoms. The lowest BCUT2D eigenvalue weighted by atomic mass is 10.1. The van der Waals surface area contributed by atoms with Crippen molar-refractivity contribution in [2.24, 2.45) is 13.0 Å². The molecule has 0 atom stereocenters. The summed E-state index contributed by atoms with van der Waals surface area (Å²) >= 11 is 3.53. The maximum Gasteiger partial charge on any atom is 0.108 e. The van der Waals surface area contributed by atoms with Gasteiger partial charge in [0.05, 0.1) is 5.69 Å². The minimum atomic E-state index is 0.663. The molecule has 0 spiro atoms. The average molecular weight is 231 g/mol. The van der Waals surface area contributed by atoms with Crippen molar-refractivity contribution in [2.75, 3.05) is 0 Å². The Morgan fingerprint density at radius 1 is 1.50 bits per heavy atom. The van der Waals surface area contributed by atoms with Gasteiger partial charge in [0.1, 0.15) is 10.4 Å². The van der Waals surface area contributed by atoms with Crippen LogP contribution >= 0.6 is 15.9 Å². The molecule has 0 fully saturated rings. The van der Waals surface area contributed by atoms with Crippen LogP contribution in [0.1, 0.15) is 25.4 Å². The molecule has 0 radical (unpaired) electrons. The SMILES string of the molecule is Cc1nc(CC(C)C)c(Br)n1C. The van der Waals surface area contributed by atoms with E-state index in [4.69, 9.17) is 0 Å². The summed E-state index contributed by atoms with van der Waals surface area (Å²) in [6, 6.07) is 0. The second-order valence-corrected chi connectivity index (χ2v) is 4.30. The van der Waals surface area contributed by atoms with Crippen LogP contribution in [-0.2, 0) is 13.5 Å². The van der Waals surface area contributed by atoms with Crippen molar-refractivity contribution in [1.82, 2.24) is 9.55 Å². The van der Waals surface area contributed by atoms with Gasteiger partial charge >= 0.3 is 0 Å². The van der Waals surface area contributed by atoms with Gasteiger partial charge in [0, 0.05) is 7.05 Å². The molecule has 1 aromatic rings. The average Bonchev–Trinajstić information content (AvgIpc) is 2.17. The lowest BCUT2D eigenvalue weighted by Crippen LogP contribution is -1.95. The van der Waals surface area contributed by atoms with Gasteiger partial charge in [-0.1, -0.05) is 13.8 Å². The Morgan fingerprint density at radius 2 is 2.08 bits per heavy atom. The zero-order valence-corrected chi connectivity index (χ0v) is 9.64. The fraction of sp³-hybridized carbons (Fsp3) is 0.667. The number of imidazole rings is 1. The summed E-state index contributed by atoms with van der Waals surface area (Å²) in [6.07, 6.45) is 1.04. The van der Waals surface area contributed by atoms with Gasteiger partial charge in [-0.3, -0.25) is 0 Å². The van der Waals surface area contributed by atoms with Crippen LogP contribution in [0.2, 0.25) is 0 Å². The van der Waals surface area contributed by atoms with Crippen LogP contribution in [0, 0.1) is 12.8 Å². The lowest BCUT2D eigenvalue weighted by Gasteiger charge is -2.01. The maximum absolute atomic E-state index is 4.47. The number of aromatic nitrogens is 2. The highest BCUT2D eigenvalue weighted by molar-refractivity contribution is 9.10. The van der Waals surface area contributed by atoms with Crippen molar-refractivity contribution in [2.45, 2.75) is 27.2 Å². The van der Waals surface area contributed by atoms with E-state index in [1.165, 1.54) is 5.69 Å². The fourth-order valence-electron chi connectivity index (χ4n) is 1.17. The zero-order chi connectivity index (χ0) is 9.30. The highest BCUT2D eigenvalue weighted by atomic mass is 79.9. The summed E-state index contributed by atoms with van der Waals surface area (Å²) < 4.78 is 3.19. The molecule has 12 heavy (non-hydrogen) atoms. The van der Waals surface area contributed by atoms with E-state index >= 15 is 0 Å². The van der Waals surface area contributed by atoms with Crippen LogP contribution in [0.4, 0.5) is 0 Å². The van der Waals surface area contributed by atoms with E-state index < -0.39 is 0 Å². The largest absolute Gasteiger partial charge is 0.326 e. The van der Waals surface area contributed by atoms with Crippen LogP contribution in [0.15, 0.2) is 4.60 Å². The van der Waals surface area contributed by atoms with Crippen molar-refractivity contribution in [3.05, 3.63) is 16.1 Å². The third-order valence-corrected chi connectivity index (χ3v) is 2.91. The van der Waals surface area contributed by atoms with Gasteiger partial charge in [-0.05, 0) is 35.2 Å². The smallest absolute Gasteiger partial charge is 0.108 e. The van der Waals surface area contributed by atoms with E-state index in [1.54, 1.807) is 0 Å². The first-order chi connectivity index (χ1) is 5.52. The van der Waals surface area contributed by atoms with Crippen molar-refractivity contribution in [3.63, 3.8) is 0 Å². The topological polar surface area (TPSA) is 17.8 Å². The summed E-state index contributed by atoms with van der Waals surface area (Å²) in [6.45, 7) is 6.43. The Balaban J connectivity index is 2.93. The summed E-state index contributed by atoms with van der Waals surface area (Å²) in [5, 5.41) is 0. The van der Waals surface area contributed by atoms with Crippen molar-refractivity contribution < 1.29 is 0 Å². The number of aryl methyl sites for hydroxylation is 1. The van der Waals surface area contributed by atoms with Gasteiger partial charge < -0.3 is 4.57 Å². The molecule has 0 N–H and O–H groups in total. The second-order valence-electron chi connectivity index (χ2n) is 3.55. The first-order valence-corrected chi connectivity index (χ1v) is 4.99. The monoisotopic (exact) mass is 230 g/mol. The number of rotatable bonds is 2.